The van der Waals surface area contributed by atoms with Gasteiger partial charge in [-0.15, -0.1) is 0 Å². The Balaban J connectivity index is 2.02. The number of carbonyl (C=O) groups excluding carboxylic acids is 1. The summed E-state index contributed by atoms with van der Waals surface area (Å²) in [6.45, 7) is 1.63. The van der Waals surface area contributed by atoms with Gasteiger partial charge in [-0.25, -0.2) is 8.78 Å². The van der Waals surface area contributed by atoms with Gasteiger partial charge in [-0.2, -0.15) is 0 Å². The summed E-state index contributed by atoms with van der Waals surface area (Å²) in [5, 5.41) is 5.94. The summed E-state index contributed by atoms with van der Waals surface area (Å²) in [5.74, 6) is -1.99. The molecular weight excluding hydrogens is 266 g/mol. The lowest BCUT2D eigenvalue weighted by Gasteiger charge is -2.29. The second-order valence-electron chi connectivity index (χ2n) is 5.05. The van der Waals surface area contributed by atoms with Gasteiger partial charge in [0.1, 0.15) is 11.6 Å². The Hall–Kier alpha value is -1.53. The van der Waals surface area contributed by atoms with Crippen molar-refractivity contribution < 1.29 is 18.3 Å². The molecule has 1 aliphatic heterocycles. The van der Waals surface area contributed by atoms with Crippen LogP contribution in [0.15, 0.2) is 18.2 Å². The highest BCUT2D eigenvalue weighted by molar-refractivity contribution is 5.94. The van der Waals surface area contributed by atoms with Gasteiger partial charge in [-0.05, 0) is 37.6 Å². The molecule has 1 amide bonds. The van der Waals surface area contributed by atoms with Crippen molar-refractivity contribution in [1.29, 1.82) is 0 Å². The van der Waals surface area contributed by atoms with Crippen LogP contribution in [0.2, 0.25) is 0 Å². The first-order valence-electron chi connectivity index (χ1n) is 6.53. The molecule has 4 nitrogen and oxygen atoms in total. The van der Waals surface area contributed by atoms with Gasteiger partial charge < -0.3 is 15.4 Å². The molecule has 0 bridgehead atoms. The molecule has 1 atom stereocenters. The van der Waals surface area contributed by atoms with Crippen molar-refractivity contribution in [2.45, 2.75) is 18.4 Å². The number of carbonyl (C=O) groups is 1. The normalized spacial score (nSPS) is 21.9. The molecule has 1 aliphatic rings. The highest BCUT2D eigenvalue weighted by Gasteiger charge is 2.34. The number of rotatable bonds is 5. The number of benzene rings is 1. The second-order valence-corrected chi connectivity index (χ2v) is 5.05. The van der Waals surface area contributed by atoms with Crippen LogP contribution in [0.5, 0.6) is 0 Å². The maximum absolute atomic E-state index is 13.5. The van der Waals surface area contributed by atoms with Gasteiger partial charge in [0.05, 0.1) is 17.7 Å². The molecular formula is C14H18F2N2O2. The van der Waals surface area contributed by atoms with Crippen molar-refractivity contribution >= 4 is 5.91 Å². The fourth-order valence-electron chi connectivity index (χ4n) is 2.49. The van der Waals surface area contributed by atoms with Gasteiger partial charge in [-0.1, -0.05) is 0 Å². The lowest BCUT2D eigenvalue weighted by molar-refractivity contribution is 0.0888. The lowest BCUT2D eigenvalue weighted by atomic mass is 9.98. The van der Waals surface area contributed by atoms with E-state index in [-0.39, 0.29) is 11.1 Å². The summed E-state index contributed by atoms with van der Waals surface area (Å²) in [7, 11) is 1.59. The predicted octanol–water partition coefficient (Wildman–Crippen LogP) is 1.46. The molecule has 110 valence electrons. The van der Waals surface area contributed by atoms with E-state index in [1.54, 1.807) is 7.11 Å². The minimum Gasteiger partial charge on any atom is -0.383 e. The van der Waals surface area contributed by atoms with Crippen LogP contribution in [-0.4, -0.2) is 38.3 Å². The molecule has 20 heavy (non-hydrogen) atoms. The van der Waals surface area contributed by atoms with Gasteiger partial charge in [0.2, 0.25) is 0 Å². The largest absolute Gasteiger partial charge is 0.383 e. The molecule has 2 N–H and O–H groups in total. The van der Waals surface area contributed by atoms with Crippen LogP contribution in [-0.2, 0) is 4.74 Å². The molecule has 0 radical (unpaired) electrons. The zero-order chi connectivity index (χ0) is 14.6. The number of hydrogen-bond acceptors (Lipinski definition) is 3. The van der Waals surface area contributed by atoms with E-state index in [0.717, 1.165) is 37.6 Å². The van der Waals surface area contributed by atoms with E-state index in [2.05, 4.69) is 10.6 Å². The van der Waals surface area contributed by atoms with E-state index in [4.69, 9.17) is 4.74 Å². The van der Waals surface area contributed by atoms with Gasteiger partial charge in [-0.3, -0.25) is 4.79 Å². The van der Waals surface area contributed by atoms with Crippen LogP contribution >= 0.6 is 0 Å². The van der Waals surface area contributed by atoms with Crippen molar-refractivity contribution in [3.05, 3.63) is 35.4 Å². The smallest absolute Gasteiger partial charge is 0.254 e. The summed E-state index contributed by atoms with van der Waals surface area (Å²) in [5.41, 5.74) is -0.607. The summed E-state index contributed by atoms with van der Waals surface area (Å²) < 4.78 is 31.7. The van der Waals surface area contributed by atoms with E-state index in [1.807, 2.05) is 0 Å². The molecule has 0 aromatic heterocycles. The summed E-state index contributed by atoms with van der Waals surface area (Å²) >= 11 is 0. The molecule has 1 saturated heterocycles. The average molecular weight is 284 g/mol. The van der Waals surface area contributed by atoms with Crippen LogP contribution in [0.3, 0.4) is 0 Å². The van der Waals surface area contributed by atoms with Gasteiger partial charge in [0.25, 0.3) is 5.91 Å². The van der Waals surface area contributed by atoms with Crippen molar-refractivity contribution in [3.8, 4) is 0 Å². The summed E-state index contributed by atoms with van der Waals surface area (Å²) in [4.78, 5) is 11.9. The lowest BCUT2D eigenvalue weighted by Crippen LogP contribution is -2.53. The van der Waals surface area contributed by atoms with Gasteiger partial charge in [0, 0.05) is 13.7 Å². The SMILES string of the molecule is COCC1(CNC(=O)c2cc(F)ccc2F)CCCN1. The third kappa shape index (κ3) is 3.32. The minimum absolute atomic E-state index is 0.282. The number of nitrogens with one attached hydrogen (secondary N) is 2. The Morgan fingerprint density at radius 2 is 2.30 bits per heavy atom. The third-order valence-corrected chi connectivity index (χ3v) is 3.51. The molecule has 0 spiro atoms. The van der Waals surface area contributed by atoms with Crippen LogP contribution in [0.25, 0.3) is 0 Å². The molecule has 6 heteroatoms. The Morgan fingerprint density at radius 3 is 2.95 bits per heavy atom. The number of methoxy groups -OCH3 is 1. The quantitative estimate of drug-likeness (QED) is 0.861. The molecule has 2 rings (SSSR count). The molecule has 1 unspecified atom stereocenters. The van der Waals surface area contributed by atoms with Crippen molar-refractivity contribution in [2.75, 3.05) is 26.8 Å². The molecule has 0 saturated carbocycles. The Bertz CT molecular complexity index is 488. The average Bonchev–Trinajstić information content (AvgIpc) is 2.88. The van der Waals surface area contributed by atoms with Crippen LogP contribution in [0.1, 0.15) is 23.2 Å². The van der Waals surface area contributed by atoms with E-state index < -0.39 is 17.5 Å². The maximum atomic E-state index is 13.5. The van der Waals surface area contributed by atoms with Crippen LogP contribution in [0, 0.1) is 11.6 Å². The van der Waals surface area contributed by atoms with Crippen molar-refractivity contribution in [2.24, 2.45) is 0 Å². The first-order chi connectivity index (χ1) is 9.56. The van der Waals surface area contributed by atoms with Crippen molar-refractivity contribution in [3.63, 3.8) is 0 Å². The van der Waals surface area contributed by atoms with E-state index in [9.17, 15) is 13.6 Å². The zero-order valence-corrected chi connectivity index (χ0v) is 11.3. The van der Waals surface area contributed by atoms with E-state index in [1.165, 1.54) is 0 Å². The zero-order valence-electron chi connectivity index (χ0n) is 11.3. The summed E-state index contributed by atoms with van der Waals surface area (Å²) in [6.07, 6.45) is 1.86. The number of amides is 1. The van der Waals surface area contributed by atoms with Gasteiger partial charge >= 0.3 is 0 Å². The Kier molecular flexibility index (Phi) is 4.67. The van der Waals surface area contributed by atoms with E-state index >= 15 is 0 Å². The fourth-order valence-corrected chi connectivity index (χ4v) is 2.49. The second kappa shape index (κ2) is 6.28. The first-order valence-corrected chi connectivity index (χ1v) is 6.53. The monoisotopic (exact) mass is 284 g/mol. The Labute approximate surface area is 116 Å². The first kappa shape index (κ1) is 14.9. The van der Waals surface area contributed by atoms with Crippen LogP contribution in [0.4, 0.5) is 8.78 Å². The van der Waals surface area contributed by atoms with Gasteiger partial charge in [0.15, 0.2) is 0 Å². The fraction of sp³-hybridized carbons (Fsp3) is 0.500. The number of ether oxygens (including phenoxy) is 1. The molecule has 1 heterocycles. The Morgan fingerprint density at radius 1 is 1.50 bits per heavy atom. The molecule has 1 aromatic rings. The van der Waals surface area contributed by atoms with Crippen molar-refractivity contribution in [1.82, 2.24) is 10.6 Å². The number of halogens is 2. The highest BCUT2D eigenvalue weighted by Crippen LogP contribution is 2.19. The standard InChI is InChI=1S/C14H18F2N2O2/c1-20-9-14(5-2-6-18-14)8-17-13(19)11-7-10(15)3-4-12(11)16/h3-4,7,18H,2,5-6,8-9H2,1H3,(H,17,19). The van der Waals surface area contributed by atoms with Crippen LogP contribution < -0.4 is 10.6 Å². The minimum atomic E-state index is -0.732. The summed E-state index contributed by atoms with van der Waals surface area (Å²) in [6, 6.07) is 2.83. The predicted molar refractivity (Wildman–Crippen MR) is 70.5 cm³/mol. The molecule has 1 aromatic carbocycles. The third-order valence-electron chi connectivity index (χ3n) is 3.51. The van der Waals surface area contributed by atoms with E-state index in [0.29, 0.717) is 13.2 Å². The molecule has 0 aliphatic carbocycles. The number of hydrogen-bond donors (Lipinski definition) is 2. The topological polar surface area (TPSA) is 50.4 Å². The highest BCUT2D eigenvalue weighted by atomic mass is 19.1. The molecule has 1 fully saturated rings. The maximum Gasteiger partial charge on any atom is 0.254 e.